The molecule has 0 radical (unpaired) electrons. The molecule has 2 N–H and O–H groups in total. The van der Waals surface area contributed by atoms with Crippen LogP contribution in [0, 0.1) is 5.82 Å². The minimum Gasteiger partial charge on any atom is -0.359 e. The first-order valence-electron chi connectivity index (χ1n) is 8.27. The van der Waals surface area contributed by atoms with Crippen LogP contribution in [0.15, 0.2) is 48.5 Å². The minimum atomic E-state index is -0.247. The van der Waals surface area contributed by atoms with Crippen LogP contribution in [0.4, 0.5) is 10.1 Å². The fourth-order valence-electron chi connectivity index (χ4n) is 2.74. The topological polar surface area (TPSA) is 44.4 Å². The normalized spacial score (nSPS) is 13.8. The molecule has 1 aliphatic rings. The maximum atomic E-state index is 12.9. The van der Waals surface area contributed by atoms with E-state index in [1.165, 1.54) is 12.1 Å². The van der Waals surface area contributed by atoms with Gasteiger partial charge in [-0.25, -0.2) is 4.39 Å². The largest absolute Gasteiger partial charge is 0.359 e. The Morgan fingerprint density at radius 2 is 1.56 bits per heavy atom. The van der Waals surface area contributed by atoms with Gasteiger partial charge < -0.3 is 15.5 Å². The van der Waals surface area contributed by atoms with Gasteiger partial charge in [0.2, 0.25) is 5.91 Å². The van der Waals surface area contributed by atoms with Gasteiger partial charge in [0.25, 0.3) is 0 Å². The first kappa shape index (κ1) is 17.4. The van der Waals surface area contributed by atoms with Crippen LogP contribution in [0.2, 0.25) is 0 Å². The Balaban J connectivity index is 1.45. The van der Waals surface area contributed by atoms with Crippen molar-refractivity contribution in [3.63, 3.8) is 0 Å². The van der Waals surface area contributed by atoms with E-state index in [2.05, 4.69) is 10.6 Å². The van der Waals surface area contributed by atoms with Gasteiger partial charge >= 0.3 is 0 Å². The Morgan fingerprint density at radius 3 is 2.08 bits per heavy atom. The second-order valence-electron chi connectivity index (χ2n) is 5.98. The van der Waals surface area contributed by atoms with E-state index in [-0.39, 0.29) is 11.7 Å². The molecule has 0 aliphatic carbocycles. The maximum absolute atomic E-state index is 12.9. The molecule has 25 heavy (non-hydrogen) atoms. The lowest BCUT2D eigenvalue weighted by Gasteiger charge is -2.16. The number of halogens is 1. The summed E-state index contributed by atoms with van der Waals surface area (Å²) in [7, 11) is 0. The Bertz CT molecular complexity index is 746. The Labute approximate surface area is 152 Å². The number of anilines is 1. The summed E-state index contributed by atoms with van der Waals surface area (Å²) >= 11 is 5.26. The van der Waals surface area contributed by atoms with E-state index in [1.54, 1.807) is 12.1 Å². The van der Waals surface area contributed by atoms with Gasteiger partial charge in [-0.1, -0.05) is 24.3 Å². The third-order valence-corrected chi connectivity index (χ3v) is 4.43. The van der Waals surface area contributed by atoms with Crippen LogP contribution < -0.4 is 15.5 Å². The SMILES string of the molecule is O=C1CCCN1c1ccc(CNC(=S)NCc2ccc(F)cc2)cc1. The number of carbonyl (C=O) groups is 1. The molecular formula is C19H20FN3OS. The zero-order chi connectivity index (χ0) is 17.6. The molecule has 0 aromatic heterocycles. The molecule has 0 atom stereocenters. The van der Waals surface area contributed by atoms with Crippen LogP contribution in [-0.2, 0) is 17.9 Å². The second kappa shape index (κ2) is 8.07. The molecule has 2 aromatic carbocycles. The lowest BCUT2D eigenvalue weighted by molar-refractivity contribution is -0.117. The fourth-order valence-corrected chi connectivity index (χ4v) is 2.89. The van der Waals surface area contributed by atoms with Gasteiger partial charge in [-0.15, -0.1) is 0 Å². The van der Waals surface area contributed by atoms with Crippen molar-refractivity contribution in [1.82, 2.24) is 10.6 Å². The molecule has 0 bridgehead atoms. The molecular weight excluding hydrogens is 337 g/mol. The maximum Gasteiger partial charge on any atom is 0.227 e. The summed E-state index contributed by atoms with van der Waals surface area (Å²) < 4.78 is 12.9. The Hall–Kier alpha value is -2.47. The summed E-state index contributed by atoms with van der Waals surface area (Å²) in [6.45, 7) is 1.94. The lowest BCUT2D eigenvalue weighted by Crippen LogP contribution is -2.34. The van der Waals surface area contributed by atoms with Crippen LogP contribution in [0.5, 0.6) is 0 Å². The van der Waals surface area contributed by atoms with Crippen molar-refractivity contribution >= 4 is 28.9 Å². The smallest absolute Gasteiger partial charge is 0.227 e. The predicted octanol–water partition coefficient (Wildman–Crippen LogP) is 3.12. The summed E-state index contributed by atoms with van der Waals surface area (Å²) in [5, 5.41) is 6.78. The molecule has 1 saturated heterocycles. The second-order valence-corrected chi connectivity index (χ2v) is 6.39. The van der Waals surface area contributed by atoms with E-state index < -0.39 is 0 Å². The molecule has 1 amide bonds. The molecule has 0 spiro atoms. The lowest BCUT2D eigenvalue weighted by atomic mass is 10.2. The average molecular weight is 357 g/mol. The standard InChI is InChI=1S/C19H20FN3OS/c20-16-7-3-14(4-8-16)12-21-19(25)22-13-15-5-9-17(10-6-15)23-11-1-2-18(23)24/h3-10H,1-2,11-13H2,(H2,21,22,25). The summed E-state index contributed by atoms with van der Waals surface area (Å²) in [4.78, 5) is 13.6. The van der Waals surface area contributed by atoms with Crippen molar-refractivity contribution < 1.29 is 9.18 Å². The minimum absolute atomic E-state index is 0.192. The number of benzene rings is 2. The quantitative estimate of drug-likeness (QED) is 0.807. The monoisotopic (exact) mass is 357 g/mol. The number of rotatable bonds is 5. The molecule has 3 rings (SSSR count). The van der Waals surface area contributed by atoms with Crippen molar-refractivity contribution in [3.8, 4) is 0 Å². The molecule has 2 aromatic rings. The predicted molar refractivity (Wildman–Crippen MR) is 101 cm³/mol. The van der Waals surface area contributed by atoms with Gasteiger partial charge in [0, 0.05) is 31.7 Å². The van der Waals surface area contributed by atoms with Crippen molar-refractivity contribution in [2.75, 3.05) is 11.4 Å². The van der Waals surface area contributed by atoms with Crippen LogP contribution >= 0.6 is 12.2 Å². The number of hydrogen-bond donors (Lipinski definition) is 2. The van der Waals surface area contributed by atoms with Crippen LogP contribution in [0.1, 0.15) is 24.0 Å². The van der Waals surface area contributed by atoms with Crippen molar-refractivity contribution in [3.05, 3.63) is 65.5 Å². The number of thiocarbonyl (C=S) groups is 1. The molecule has 1 aliphatic heterocycles. The number of carbonyl (C=O) groups excluding carboxylic acids is 1. The zero-order valence-corrected chi connectivity index (χ0v) is 14.6. The molecule has 0 saturated carbocycles. The molecule has 0 unspecified atom stereocenters. The van der Waals surface area contributed by atoms with Crippen LogP contribution in [0.3, 0.4) is 0 Å². The van der Waals surface area contributed by atoms with E-state index in [0.29, 0.717) is 24.6 Å². The molecule has 1 fully saturated rings. The Kier molecular flexibility index (Phi) is 5.60. The van der Waals surface area contributed by atoms with Crippen LogP contribution in [0.25, 0.3) is 0 Å². The first-order valence-corrected chi connectivity index (χ1v) is 8.68. The van der Waals surface area contributed by atoms with Crippen molar-refractivity contribution in [2.45, 2.75) is 25.9 Å². The molecule has 6 heteroatoms. The summed E-state index contributed by atoms with van der Waals surface area (Å²) in [6.07, 6.45) is 1.56. The molecule has 1 heterocycles. The van der Waals surface area contributed by atoms with Crippen molar-refractivity contribution in [1.29, 1.82) is 0 Å². The van der Waals surface area contributed by atoms with E-state index >= 15 is 0 Å². The first-order chi connectivity index (χ1) is 12.1. The highest BCUT2D eigenvalue weighted by Gasteiger charge is 2.21. The van der Waals surface area contributed by atoms with Gasteiger partial charge in [0.15, 0.2) is 5.11 Å². The highest BCUT2D eigenvalue weighted by Crippen LogP contribution is 2.21. The van der Waals surface area contributed by atoms with Gasteiger partial charge in [-0.3, -0.25) is 4.79 Å². The number of nitrogens with zero attached hydrogens (tertiary/aromatic N) is 1. The van der Waals surface area contributed by atoms with Gasteiger partial charge in [-0.2, -0.15) is 0 Å². The third kappa shape index (κ3) is 4.76. The third-order valence-electron chi connectivity index (χ3n) is 4.14. The van der Waals surface area contributed by atoms with Crippen molar-refractivity contribution in [2.24, 2.45) is 0 Å². The van der Waals surface area contributed by atoms with Gasteiger partial charge in [0.05, 0.1) is 0 Å². The number of nitrogens with one attached hydrogen (secondary N) is 2. The van der Waals surface area contributed by atoms with Gasteiger partial charge in [0.1, 0.15) is 5.82 Å². The summed E-state index contributed by atoms with van der Waals surface area (Å²) in [6, 6.07) is 14.2. The fraction of sp³-hybridized carbons (Fsp3) is 0.263. The van der Waals surface area contributed by atoms with E-state index in [4.69, 9.17) is 12.2 Å². The highest BCUT2D eigenvalue weighted by molar-refractivity contribution is 7.80. The summed E-state index contributed by atoms with van der Waals surface area (Å²) in [5.41, 5.74) is 3.00. The highest BCUT2D eigenvalue weighted by atomic mass is 32.1. The molecule has 130 valence electrons. The van der Waals surface area contributed by atoms with Gasteiger partial charge in [-0.05, 0) is 54.0 Å². The number of hydrogen-bond acceptors (Lipinski definition) is 2. The zero-order valence-electron chi connectivity index (χ0n) is 13.8. The summed E-state index contributed by atoms with van der Waals surface area (Å²) in [5.74, 6) is -0.0550. The van der Waals surface area contributed by atoms with Crippen LogP contribution in [-0.4, -0.2) is 17.6 Å². The van der Waals surface area contributed by atoms with E-state index in [1.807, 2.05) is 29.2 Å². The molecule has 4 nitrogen and oxygen atoms in total. The Morgan fingerprint density at radius 1 is 1.00 bits per heavy atom. The van der Waals surface area contributed by atoms with E-state index in [9.17, 15) is 9.18 Å². The average Bonchev–Trinajstić information content (AvgIpc) is 3.06. The number of amides is 1. The van der Waals surface area contributed by atoms with E-state index in [0.717, 1.165) is 29.8 Å².